The molecule has 0 bridgehead atoms. The van der Waals surface area contributed by atoms with Crippen LogP contribution in [0.15, 0.2) is 41.8 Å². The summed E-state index contributed by atoms with van der Waals surface area (Å²) in [5, 5.41) is 2.15. The standard InChI is InChI=1S/C15H15NO2S2/c1-18-12-6-4-11(5-7-12)15-16(14(17)10-20-15)9-13-3-2-8-19-13/h2-8,15H,9-10H2,1H3. The normalized spacial score (nSPS) is 18.6. The van der Waals surface area contributed by atoms with Crippen LogP contribution in [0.4, 0.5) is 0 Å². The Hall–Kier alpha value is -1.46. The monoisotopic (exact) mass is 305 g/mol. The van der Waals surface area contributed by atoms with Gasteiger partial charge in [-0.3, -0.25) is 4.79 Å². The summed E-state index contributed by atoms with van der Waals surface area (Å²) in [4.78, 5) is 15.3. The number of thioether (sulfide) groups is 1. The molecule has 2 heterocycles. The Kier molecular flexibility index (Phi) is 3.98. The molecule has 20 heavy (non-hydrogen) atoms. The summed E-state index contributed by atoms with van der Waals surface area (Å²) in [6.45, 7) is 0.695. The smallest absolute Gasteiger partial charge is 0.234 e. The van der Waals surface area contributed by atoms with Gasteiger partial charge in [0, 0.05) is 4.88 Å². The maximum atomic E-state index is 12.1. The number of hydrogen-bond acceptors (Lipinski definition) is 4. The van der Waals surface area contributed by atoms with E-state index in [1.807, 2.05) is 40.6 Å². The zero-order chi connectivity index (χ0) is 13.9. The number of benzene rings is 1. The lowest BCUT2D eigenvalue weighted by molar-refractivity contribution is -0.128. The molecular weight excluding hydrogens is 290 g/mol. The van der Waals surface area contributed by atoms with E-state index in [4.69, 9.17) is 4.74 Å². The molecule has 1 saturated heterocycles. The number of ether oxygens (including phenoxy) is 1. The van der Waals surface area contributed by atoms with Gasteiger partial charge < -0.3 is 9.64 Å². The number of rotatable bonds is 4. The quantitative estimate of drug-likeness (QED) is 0.865. The first kappa shape index (κ1) is 13.5. The third-order valence-corrected chi connectivity index (χ3v) is 5.39. The number of amides is 1. The summed E-state index contributed by atoms with van der Waals surface area (Å²) >= 11 is 3.38. The molecule has 1 aromatic carbocycles. The average molecular weight is 305 g/mol. The van der Waals surface area contributed by atoms with Crippen LogP contribution in [0, 0.1) is 0 Å². The Bertz CT molecular complexity index is 580. The van der Waals surface area contributed by atoms with Gasteiger partial charge >= 0.3 is 0 Å². The molecule has 0 N–H and O–H groups in total. The van der Waals surface area contributed by atoms with E-state index >= 15 is 0 Å². The lowest BCUT2D eigenvalue weighted by atomic mass is 10.2. The van der Waals surface area contributed by atoms with Crippen LogP contribution < -0.4 is 4.74 Å². The SMILES string of the molecule is COc1ccc(C2SCC(=O)N2Cc2cccs2)cc1. The molecule has 0 spiro atoms. The second-order valence-electron chi connectivity index (χ2n) is 4.54. The predicted octanol–water partition coefficient (Wildman–Crippen LogP) is 3.53. The van der Waals surface area contributed by atoms with E-state index in [1.54, 1.807) is 30.2 Å². The zero-order valence-corrected chi connectivity index (χ0v) is 12.7. The van der Waals surface area contributed by atoms with E-state index in [0.29, 0.717) is 12.3 Å². The van der Waals surface area contributed by atoms with Crippen LogP contribution in [0.5, 0.6) is 5.75 Å². The van der Waals surface area contributed by atoms with Crippen molar-refractivity contribution in [3.05, 3.63) is 52.2 Å². The number of thiophene rings is 1. The van der Waals surface area contributed by atoms with Gasteiger partial charge in [0.1, 0.15) is 11.1 Å². The van der Waals surface area contributed by atoms with Crippen LogP contribution in [-0.2, 0) is 11.3 Å². The highest BCUT2D eigenvalue weighted by Gasteiger charge is 2.32. The minimum Gasteiger partial charge on any atom is -0.497 e. The third-order valence-electron chi connectivity index (χ3n) is 3.28. The summed E-state index contributed by atoms with van der Waals surface area (Å²) in [5.41, 5.74) is 1.15. The van der Waals surface area contributed by atoms with Gasteiger partial charge in [0.05, 0.1) is 19.4 Å². The Morgan fingerprint density at radius 1 is 1.30 bits per heavy atom. The van der Waals surface area contributed by atoms with Gasteiger partial charge in [-0.2, -0.15) is 0 Å². The maximum Gasteiger partial charge on any atom is 0.234 e. The molecule has 5 heteroatoms. The molecule has 3 nitrogen and oxygen atoms in total. The molecule has 0 saturated carbocycles. The van der Waals surface area contributed by atoms with Crippen molar-refractivity contribution in [2.45, 2.75) is 11.9 Å². The van der Waals surface area contributed by atoms with Crippen molar-refractivity contribution in [2.75, 3.05) is 12.9 Å². The fraction of sp³-hybridized carbons (Fsp3) is 0.267. The summed E-state index contributed by atoms with van der Waals surface area (Å²) in [7, 11) is 1.66. The Labute approximate surface area is 126 Å². The molecule has 1 aromatic heterocycles. The second-order valence-corrected chi connectivity index (χ2v) is 6.64. The zero-order valence-electron chi connectivity index (χ0n) is 11.1. The van der Waals surface area contributed by atoms with Gasteiger partial charge in [0.15, 0.2) is 0 Å². The van der Waals surface area contributed by atoms with Crippen molar-refractivity contribution in [1.82, 2.24) is 4.90 Å². The van der Waals surface area contributed by atoms with E-state index in [2.05, 4.69) is 6.07 Å². The predicted molar refractivity (Wildman–Crippen MR) is 83.1 cm³/mol. The third kappa shape index (κ3) is 2.69. The summed E-state index contributed by atoms with van der Waals surface area (Å²) < 4.78 is 5.18. The van der Waals surface area contributed by atoms with Crippen molar-refractivity contribution < 1.29 is 9.53 Å². The number of nitrogens with zero attached hydrogens (tertiary/aromatic N) is 1. The topological polar surface area (TPSA) is 29.5 Å². The molecule has 1 amide bonds. The van der Waals surface area contributed by atoms with Crippen molar-refractivity contribution in [2.24, 2.45) is 0 Å². The average Bonchev–Trinajstić information content (AvgIpc) is 3.11. The molecule has 2 aromatic rings. The van der Waals surface area contributed by atoms with Gasteiger partial charge in [-0.15, -0.1) is 23.1 Å². The first-order chi connectivity index (χ1) is 9.78. The maximum absolute atomic E-state index is 12.1. The lowest BCUT2D eigenvalue weighted by Crippen LogP contribution is -2.27. The van der Waals surface area contributed by atoms with Crippen molar-refractivity contribution in [1.29, 1.82) is 0 Å². The van der Waals surface area contributed by atoms with E-state index in [-0.39, 0.29) is 11.3 Å². The van der Waals surface area contributed by atoms with E-state index in [0.717, 1.165) is 11.3 Å². The molecule has 1 aliphatic heterocycles. The molecule has 1 fully saturated rings. The van der Waals surface area contributed by atoms with Gasteiger partial charge in [0.2, 0.25) is 5.91 Å². The second kappa shape index (κ2) is 5.89. The summed E-state index contributed by atoms with van der Waals surface area (Å²) in [6.07, 6.45) is 0. The Balaban J connectivity index is 1.81. The molecule has 3 rings (SSSR count). The molecule has 104 valence electrons. The number of methoxy groups -OCH3 is 1. The van der Waals surface area contributed by atoms with Crippen molar-refractivity contribution in [3.8, 4) is 5.75 Å². The molecule has 0 radical (unpaired) electrons. The van der Waals surface area contributed by atoms with Gasteiger partial charge in [-0.1, -0.05) is 18.2 Å². The molecular formula is C15H15NO2S2. The number of carbonyl (C=O) groups is 1. The first-order valence-electron chi connectivity index (χ1n) is 6.35. The van der Waals surface area contributed by atoms with Crippen LogP contribution in [-0.4, -0.2) is 23.7 Å². The van der Waals surface area contributed by atoms with Crippen LogP contribution >= 0.6 is 23.1 Å². The van der Waals surface area contributed by atoms with E-state index in [1.165, 1.54) is 4.88 Å². The molecule has 0 aliphatic carbocycles. The minimum atomic E-state index is 0.107. The van der Waals surface area contributed by atoms with Crippen molar-refractivity contribution in [3.63, 3.8) is 0 Å². The van der Waals surface area contributed by atoms with Gasteiger partial charge in [-0.25, -0.2) is 0 Å². The number of hydrogen-bond donors (Lipinski definition) is 0. The first-order valence-corrected chi connectivity index (χ1v) is 8.28. The lowest BCUT2D eigenvalue weighted by Gasteiger charge is -2.23. The van der Waals surface area contributed by atoms with E-state index < -0.39 is 0 Å². The molecule has 1 aliphatic rings. The fourth-order valence-electron chi connectivity index (χ4n) is 2.24. The number of carbonyl (C=O) groups excluding carboxylic acids is 1. The molecule has 1 unspecified atom stereocenters. The van der Waals surface area contributed by atoms with Crippen LogP contribution in [0.1, 0.15) is 15.8 Å². The van der Waals surface area contributed by atoms with Crippen LogP contribution in [0.3, 0.4) is 0 Å². The highest BCUT2D eigenvalue weighted by molar-refractivity contribution is 8.00. The van der Waals surface area contributed by atoms with E-state index in [9.17, 15) is 4.79 Å². The Morgan fingerprint density at radius 2 is 2.10 bits per heavy atom. The van der Waals surface area contributed by atoms with Crippen LogP contribution in [0.25, 0.3) is 0 Å². The van der Waals surface area contributed by atoms with Gasteiger partial charge in [-0.05, 0) is 29.1 Å². The van der Waals surface area contributed by atoms with Crippen molar-refractivity contribution >= 4 is 29.0 Å². The molecule has 1 atom stereocenters. The Morgan fingerprint density at radius 3 is 2.75 bits per heavy atom. The largest absolute Gasteiger partial charge is 0.497 e. The van der Waals surface area contributed by atoms with Gasteiger partial charge in [0.25, 0.3) is 0 Å². The summed E-state index contributed by atoms with van der Waals surface area (Å²) in [6, 6.07) is 12.1. The van der Waals surface area contributed by atoms with Crippen LogP contribution in [0.2, 0.25) is 0 Å². The highest BCUT2D eigenvalue weighted by Crippen LogP contribution is 2.40. The minimum absolute atomic E-state index is 0.107. The fourth-order valence-corrected chi connectivity index (χ4v) is 4.13. The highest BCUT2D eigenvalue weighted by atomic mass is 32.2. The summed E-state index contributed by atoms with van der Waals surface area (Å²) in [5.74, 6) is 1.61.